The van der Waals surface area contributed by atoms with Crippen molar-refractivity contribution in [1.82, 2.24) is 0 Å². The molecule has 0 aromatic heterocycles. The van der Waals surface area contributed by atoms with E-state index in [2.05, 4.69) is 5.32 Å². The van der Waals surface area contributed by atoms with E-state index < -0.39 is 17.5 Å². The summed E-state index contributed by atoms with van der Waals surface area (Å²) in [5, 5.41) is 11.6. The van der Waals surface area contributed by atoms with Crippen LogP contribution in [0.15, 0.2) is 30.3 Å². The predicted molar refractivity (Wildman–Crippen MR) is 67.3 cm³/mol. The first kappa shape index (κ1) is 13.7. The molecule has 2 aromatic carbocycles. The predicted octanol–water partition coefficient (Wildman–Crippen LogP) is 3.73. The smallest absolute Gasteiger partial charge is 0.194 e. The van der Waals surface area contributed by atoms with E-state index >= 15 is 0 Å². The van der Waals surface area contributed by atoms with Crippen molar-refractivity contribution >= 4 is 11.4 Å². The number of anilines is 2. The largest absolute Gasteiger partial charge is 0.497 e. The zero-order valence-corrected chi connectivity index (χ0v) is 10.4. The van der Waals surface area contributed by atoms with Crippen molar-refractivity contribution in [2.45, 2.75) is 0 Å². The normalized spacial score (nSPS) is 9.95. The van der Waals surface area contributed by atoms with E-state index in [1.807, 2.05) is 6.07 Å². The molecule has 0 atom stereocenters. The van der Waals surface area contributed by atoms with Gasteiger partial charge in [-0.05, 0) is 12.1 Å². The topological polar surface area (TPSA) is 45.0 Å². The minimum absolute atomic E-state index is 0.00819. The van der Waals surface area contributed by atoms with Gasteiger partial charge < -0.3 is 10.1 Å². The molecule has 102 valence electrons. The van der Waals surface area contributed by atoms with E-state index in [4.69, 9.17) is 10.00 Å². The Bertz CT molecular complexity index is 672. The van der Waals surface area contributed by atoms with Gasteiger partial charge in [0.15, 0.2) is 17.5 Å². The Labute approximate surface area is 113 Å². The maximum Gasteiger partial charge on any atom is 0.194 e. The van der Waals surface area contributed by atoms with Gasteiger partial charge in [-0.3, -0.25) is 0 Å². The number of halogens is 3. The first-order chi connectivity index (χ1) is 9.55. The Morgan fingerprint density at radius 3 is 2.30 bits per heavy atom. The lowest BCUT2D eigenvalue weighted by Gasteiger charge is -2.10. The highest BCUT2D eigenvalue weighted by Crippen LogP contribution is 2.27. The Morgan fingerprint density at radius 1 is 1.10 bits per heavy atom. The molecule has 1 N–H and O–H groups in total. The van der Waals surface area contributed by atoms with Crippen molar-refractivity contribution in [2.75, 3.05) is 12.4 Å². The molecule has 0 saturated heterocycles. The second kappa shape index (κ2) is 5.53. The highest BCUT2D eigenvalue weighted by atomic mass is 19.2. The van der Waals surface area contributed by atoms with Gasteiger partial charge in [0.25, 0.3) is 0 Å². The maximum absolute atomic E-state index is 13.1. The van der Waals surface area contributed by atoms with Crippen molar-refractivity contribution in [3.8, 4) is 11.8 Å². The molecule has 0 fully saturated rings. The van der Waals surface area contributed by atoms with E-state index in [1.54, 1.807) is 6.07 Å². The van der Waals surface area contributed by atoms with Gasteiger partial charge in [-0.2, -0.15) is 5.26 Å². The van der Waals surface area contributed by atoms with Gasteiger partial charge in [-0.25, -0.2) is 13.2 Å². The van der Waals surface area contributed by atoms with Crippen LogP contribution in [0.3, 0.4) is 0 Å². The number of nitrogens with zero attached hydrogens (tertiary/aromatic N) is 1. The fourth-order valence-corrected chi connectivity index (χ4v) is 1.63. The SMILES string of the molecule is COc1ccc(C#N)c(Nc2cc(F)c(F)c(F)c2)c1. The molecule has 3 nitrogen and oxygen atoms in total. The van der Waals surface area contributed by atoms with E-state index in [9.17, 15) is 13.2 Å². The molecule has 0 spiro atoms. The highest BCUT2D eigenvalue weighted by Gasteiger charge is 2.12. The molecular formula is C14H9F3N2O. The van der Waals surface area contributed by atoms with Crippen LogP contribution in [0.2, 0.25) is 0 Å². The van der Waals surface area contributed by atoms with E-state index in [1.165, 1.54) is 19.2 Å². The number of benzene rings is 2. The van der Waals surface area contributed by atoms with E-state index in [0.717, 1.165) is 12.1 Å². The van der Waals surface area contributed by atoms with E-state index in [0.29, 0.717) is 11.4 Å². The average Bonchev–Trinajstić information content (AvgIpc) is 2.44. The quantitative estimate of drug-likeness (QED) is 0.870. The highest BCUT2D eigenvalue weighted by molar-refractivity contribution is 5.68. The summed E-state index contributed by atoms with van der Waals surface area (Å²) in [6.07, 6.45) is 0. The van der Waals surface area contributed by atoms with Crippen LogP contribution >= 0.6 is 0 Å². The molecule has 0 aliphatic heterocycles. The number of hydrogen-bond acceptors (Lipinski definition) is 3. The molecule has 2 rings (SSSR count). The minimum atomic E-state index is -1.54. The van der Waals surface area contributed by atoms with Gasteiger partial charge in [-0.15, -0.1) is 0 Å². The van der Waals surface area contributed by atoms with Crippen molar-refractivity contribution in [3.05, 3.63) is 53.3 Å². The summed E-state index contributed by atoms with van der Waals surface area (Å²) in [4.78, 5) is 0. The molecule has 0 radical (unpaired) electrons. The summed E-state index contributed by atoms with van der Waals surface area (Å²) in [5.41, 5.74) is 0.555. The molecule has 2 aromatic rings. The fraction of sp³-hybridized carbons (Fsp3) is 0.0714. The van der Waals surface area contributed by atoms with Crippen molar-refractivity contribution in [2.24, 2.45) is 0 Å². The third-order valence-corrected chi connectivity index (χ3v) is 2.61. The monoisotopic (exact) mass is 278 g/mol. The van der Waals surface area contributed by atoms with Crippen LogP contribution in [0.5, 0.6) is 5.75 Å². The summed E-state index contributed by atoms with van der Waals surface area (Å²) in [6.45, 7) is 0. The molecule has 20 heavy (non-hydrogen) atoms. The van der Waals surface area contributed by atoms with Crippen LogP contribution in [0.4, 0.5) is 24.5 Å². The molecule has 0 aliphatic carbocycles. The first-order valence-electron chi connectivity index (χ1n) is 5.55. The number of methoxy groups -OCH3 is 1. The van der Waals surface area contributed by atoms with Crippen molar-refractivity contribution < 1.29 is 17.9 Å². The molecule has 0 saturated carbocycles. The number of hydrogen-bond donors (Lipinski definition) is 1. The number of nitriles is 1. The molecule has 0 unspecified atom stereocenters. The standard InChI is InChI=1S/C14H9F3N2O/c1-20-10-3-2-8(7-18)13(6-10)19-9-4-11(15)14(17)12(16)5-9/h2-6,19H,1H3. The van der Waals surface area contributed by atoms with Crippen molar-refractivity contribution in [1.29, 1.82) is 5.26 Å². The number of nitrogens with one attached hydrogen (secondary N) is 1. The molecule has 6 heteroatoms. The Kier molecular flexibility index (Phi) is 3.80. The summed E-state index contributed by atoms with van der Waals surface area (Å²) >= 11 is 0. The third kappa shape index (κ3) is 2.67. The Morgan fingerprint density at radius 2 is 1.75 bits per heavy atom. The van der Waals surface area contributed by atoms with E-state index in [-0.39, 0.29) is 11.3 Å². The van der Waals surface area contributed by atoms with Crippen LogP contribution in [-0.4, -0.2) is 7.11 Å². The van der Waals surface area contributed by atoms with Gasteiger partial charge in [0.1, 0.15) is 11.8 Å². The second-order valence-electron chi connectivity index (χ2n) is 3.90. The average molecular weight is 278 g/mol. The lowest BCUT2D eigenvalue weighted by atomic mass is 10.1. The molecule has 0 aliphatic rings. The van der Waals surface area contributed by atoms with Crippen LogP contribution in [0.1, 0.15) is 5.56 Å². The van der Waals surface area contributed by atoms with Gasteiger partial charge in [-0.1, -0.05) is 0 Å². The maximum atomic E-state index is 13.1. The van der Waals surface area contributed by atoms with Gasteiger partial charge >= 0.3 is 0 Å². The zero-order chi connectivity index (χ0) is 14.7. The number of ether oxygens (including phenoxy) is 1. The van der Waals surface area contributed by atoms with Crippen LogP contribution < -0.4 is 10.1 Å². The summed E-state index contributed by atoms with van der Waals surface area (Å²) in [5.74, 6) is -3.70. The lowest BCUT2D eigenvalue weighted by molar-refractivity contribution is 0.415. The number of rotatable bonds is 3. The van der Waals surface area contributed by atoms with Crippen LogP contribution in [0, 0.1) is 28.8 Å². The fourth-order valence-electron chi connectivity index (χ4n) is 1.63. The third-order valence-electron chi connectivity index (χ3n) is 2.61. The van der Waals surface area contributed by atoms with Crippen LogP contribution in [0.25, 0.3) is 0 Å². The van der Waals surface area contributed by atoms with Crippen LogP contribution in [-0.2, 0) is 0 Å². The zero-order valence-electron chi connectivity index (χ0n) is 10.4. The summed E-state index contributed by atoms with van der Waals surface area (Å²) in [7, 11) is 1.45. The minimum Gasteiger partial charge on any atom is -0.497 e. The molecule has 0 amide bonds. The summed E-state index contributed by atoms with van der Waals surface area (Å²) < 4.78 is 44.1. The molecule has 0 bridgehead atoms. The lowest BCUT2D eigenvalue weighted by Crippen LogP contribution is -1.98. The van der Waals surface area contributed by atoms with Gasteiger partial charge in [0.2, 0.25) is 0 Å². The Hall–Kier alpha value is -2.68. The van der Waals surface area contributed by atoms with Gasteiger partial charge in [0, 0.05) is 23.9 Å². The Balaban J connectivity index is 2.41. The molecular weight excluding hydrogens is 269 g/mol. The van der Waals surface area contributed by atoms with Crippen molar-refractivity contribution in [3.63, 3.8) is 0 Å². The molecule has 0 heterocycles. The van der Waals surface area contributed by atoms with Gasteiger partial charge in [0.05, 0.1) is 18.4 Å². The second-order valence-corrected chi connectivity index (χ2v) is 3.90. The first-order valence-corrected chi connectivity index (χ1v) is 5.55. The summed E-state index contributed by atoms with van der Waals surface area (Å²) in [6, 6.07) is 8.11.